The van der Waals surface area contributed by atoms with Gasteiger partial charge in [-0.3, -0.25) is 4.79 Å². The highest BCUT2D eigenvalue weighted by Crippen LogP contribution is 2.22. The van der Waals surface area contributed by atoms with Crippen LogP contribution in [-0.4, -0.2) is 49.8 Å². The highest BCUT2D eigenvalue weighted by molar-refractivity contribution is 5.76. The Kier molecular flexibility index (Phi) is 5.95. The van der Waals surface area contributed by atoms with E-state index >= 15 is 0 Å². The second kappa shape index (κ2) is 7.74. The van der Waals surface area contributed by atoms with Gasteiger partial charge in [0, 0.05) is 19.5 Å². The van der Waals surface area contributed by atoms with Gasteiger partial charge in [0.1, 0.15) is 11.9 Å². The quantitative estimate of drug-likeness (QED) is 0.663. The Hall–Kier alpha value is -1.67. The first-order valence-electron chi connectivity index (χ1n) is 7.27. The molecule has 23 heavy (non-hydrogen) atoms. The third kappa shape index (κ3) is 5.80. The minimum absolute atomic E-state index is 0.00772. The Morgan fingerprint density at radius 1 is 1.30 bits per heavy atom. The summed E-state index contributed by atoms with van der Waals surface area (Å²) in [7, 11) is 0. The van der Waals surface area contributed by atoms with E-state index < -0.39 is 12.7 Å². The second-order valence-electron chi connectivity index (χ2n) is 5.29. The molecule has 1 fully saturated rings. The van der Waals surface area contributed by atoms with Gasteiger partial charge in [-0.05, 0) is 17.7 Å². The molecule has 128 valence electrons. The number of morpholine rings is 1. The molecule has 1 N–H and O–H groups in total. The highest BCUT2D eigenvalue weighted by Gasteiger charge is 2.27. The van der Waals surface area contributed by atoms with Crippen molar-refractivity contribution in [3.63, 3.8) is 0 Å². The van der Waals surface area contributed by atoms with Crippen LogP contribution in [0.5, 0.6) is 0 Å². The van der Waals surface area contributed by atoms with Gasteiger partial charge in [-0.2, -0.15) is 13.2 Å². The first-order valence-corrected chi connectivity index (χ1v) is 7.27. The van der Waals surface area contributed by atoms with Gasteiger partial charge in [-0.15, -0.1) is 0 Å². The molecule has 0 spiro atoms. The molecule has 1 saturated heterocycles. The highest BCUT2D eigenvalue weighted by atomic mass is 19.4. The standard InChI is InChI=1S/C15H18F4N2O2/c16-12-3-1-11(2-4-12)13-9-21(7-8-23-13)14(22)5-6-20-10-15(17,18)19/h1-4,13,20H,5-10H2/t13-/m0/s1. The van der Waals surface area contributed by atoms with E-state index in [0.717, 1.165) is 5.56 Å². The van der Waals surface area contributed by atoms with E-state index in [9.17, 15) is 22.4 Å². The maximum absolute atomic E-state index is 12.9. The molecule has 1 aliphatic rings. The molecular formula is C15H18F4N2O2. The van der Waals surface area contributed by atoms with Gasteiger partial charge >= 0.3 is 6.18 Å². The predicted molar refractivity (Wildman–Crippen MR) is 75.2 cm³/mol. The molecule has 0 unspecified atom stereocenters. The number of amides is 1. The van der Waals surface area contributed by atoms with Crippen LogP contribution in [0, 0.1) is 5.82 Å². The third-order valence-electron chi connectivity index (χ3n) is 3.50. The lowest BCUT2D eigenvalue weighted by Gasteiger charge is -2.33. The van der Waals surface area contributed by atoms with Crippen LogP contribution in [0.2, 0.25) is 0 Å². The summed E-state index contributed by atoms with van der Waals surface area (Å²) in [6, 6.07) is 5.83. The molecule has 8 heteroatoms. The minimum Gasteiger partial charge on any atom is -0.370 e. The second-order valence-corrected chi connectivity index (χ2v) is 5.29. The van der Waals surface area contributed by atoms with E-state index in [1.165, 1.54) is 12.1 Å². The summed E-state index contributed by atoms with van der Waals surface area (Å²) < 4.78 is 54.5. The van der Waals surface area contributed by atoms with Crippen LogP contribution in [0.1, 0.15) is 18.1 Å². The van der Waals surface area contributed by atoms with Crippen LogP contribution in [0.4, 0.5) is 17.6 Å². The zero-order valence-electron chi connectivity index (χ0n) is 12.4. The fraction of sp³-hybridized carbons (Fsp3) is 0.533. The van der Waals surface area contributed by atoms with Crippen LogP contribution in [-0.2, 0) is 9.53 Å². The van der Waals surface area contributed by atoms with Crippen molar-refractivity contribution in [1.29, 1.82) is 0 Å². The van der Waals surface area contributed by atoms with E-state index in [4.69, 9.17) is 4.74 Å². The number of alkyl halides is 3. The summed E-state index contributed by atoms with van der Waals surface area (Å²) in [6.45, 7) is -0.0954. The number of nitrogens with one attached hydrogen (secondary N) is 1. The molecule has 1 amide bonds. The summed E-state index contributed by atoms with van der Waals surface area (Å²) in [5.74, 6) is -0.580. The molecule has 1 aliphatic heterocycles. The Bertz CT molecular complexity index is 519. The van der Waals surface area contributed by atoms with Crippen molar-refractivity contribution >= 4 is 5.91 Å². The molecule has 0 radical (unpaired) electrons. The zero-order valence-corrected chi connectivity index (χ0v) is 12.4. The van der Waals surface area contributed by atoms with Crippen LogP contribution < -0.4 is 5.32 Å². The molecule has 1 heterocycles. The Morgan fingerprint density at radius 3 is 2.65 bits per heavy atom. The minimum atomic E-state index is -4.28. The van der Waals surface area contributed by atoms with Crippen molar-refractivity contribution in [2.45, 2.75) is 18.7 Å². The van der Waals surface area contributed by atoms with Gasteiger partial charge < -0.3 is 15.0 Å². The van der Waals surface area contributed by atoms with Gasteiger partial charge in [0.05, 0.1) is 19.7 Å². The van der Waals surface area contributed by atoms with Crippen LogP contribution in [0.3, 0.4) is 0 Å². The number of carbonyl (C=O) groups is 1. The molecular weight excluding hydrogens is 316 g/mol. The summed E-state index contributed by atoms with van der Waals surface area (Å²) in [6.07, 6.45) is -4.64. The first kappa shape index (κ1) is 17.7. The third-order valence-corrected chi connectivity index (χ3v) is 3.50. The van der Waals surface area contributed by atoms with Crippen molar-refractivity contribution in [3.05, 3.63) is 35.6 Å². The Morgan fingerprint density at radius 2 is 2.00 bits per heavy atom. The number of carbonyl (C=O) groups excluding carboxylic acids is 1. The Balaban J connectivity index is 1.81. The maximum Gasteiger partial charge on any atom is 0.401 e. The zero-order chi connectivity index (χ0) is 16.9. The monoisotopic (exact) mass is 334 g/mol. The average molecular weight is 334 g/mol. The number of benzene rings is 1. The summed E-state index contributed by atoms with van der Waals surface area (Å²) in [5, 5.41) is 2.20. The van der Waals surface area contributed by atoms with E-state index in [2.05, 4.69) is 5.32 Å². The maximum atomic E-state index is 12.9. The van der Waals surface area contributed by atoms with Crippen LogP contribution in [0.25, 0.3) is 0 Å². The van der Waals surface area contributed by atoms with Gasteiger partial charge in [0.15, 0.2) is 0 Å². The lowest BCUT2D eigenvalue weighted by atomic mass is 10.1. The number of ether oxygens (including phenoxy) is 1. The molecule has 0 aliphatic carbocycles. The fourth-order valence-corrected chi connectivity index (χ4v) is 2.34. The van der Waals surface area contributed by atoms with Gasteiger partial charge in [-0.1, -0.05) is 12.1 Å². The van der Waals surface area contributed by atoms with Gasteiger partial charge in [0.2, 0.25) is 5.91 Å². The van der Waals surface area contributed by atoms with E-state index in [1.54, 1.807) is 17.0 Å². The smallest absolute Gasteiger partial charge is 0.370 e. The SMILES string of the molecule is O=C(CCNCC(F)(F)F)N1CCO[C@H](c2ccc(F)cc2)C1. The van der Waals surface area contributed by atoms with Crippen molar-refractivity contribution in [3.8, 4) is 0 Å². The largest absolute Gasteiger partial charge is 0.401 e. The number of nitrogens with zero attached hydrogens (tertiary/aromatic N) is 1. The summed E-state index contributed by atoms with van der Waals surface area (Å²) in [4.78, 5) is 13.6. The lowest BCUT2D eigenvalue weighted by Crippen LogP contribution is -2.43. The molecule has 2 rings (SSSR count). The molecule has 1 atom stereocenters. The van der Waals surface area contributed by atoms with E-state index in [1.807, 2.05) is 0 Å². The molecule has 4 nitrogen and oxygen atoms in total. The lowest BCUT2D eigenvalue weighted by molar-refractivity contribution is -0.140. The number of halogens is 4. The average Bonchev–Trinajstić information content (AvgIpc) is 2.51. The fourth-order valence-electron chi connectivity index (χ4n) is 2.34. The molecule has 0 aromatic heterocycles. The Labute approximate surface area is 131 Å². The van der Waals surface area contributed by atoms with Gasteiger partial charge in [-0.25, -0.2) is 4.39 Å². The van der Waals surface area contributed by atoms with Gasteiger partial charge in [0.25, 0.3) is 0 Å². The summed E-state index contributed by atoms with van der Waals surface area (Å²) >= 11 is 0. The summed E-state index contributed by atoms with van der Waals surface area (Å²) in [5.41, 5.74) is 0.763. The number of hydrogen-bond acceptors (Lipinski definition) is 3. The van der Waals surface area contributed by atoms with Crippen LogP contribution in [0.15, 0.2) is 24.3 Å². The first-order chi connectivity index (χ1) is 10.8. The number of rotatable bonds is 5. The van der Waals surface area contributed by atoms with Crippen LogP contribution >= 0.6 is 0 Å². The molecule has 0 bridgehead atoms. The van der Waals surface area contributed by atoms with E-state index in [-0.39, 0.29) is 30.8 Å². The van der Waals surface area contributed by atoms with Crippen molar-refractivity contribution in [1.82, 2.24) is 10.2 Å². The van der Waals surface area contributed by atoms with E-state index in [0.29, 0.717) is 19.7 Å². The predicted octanol–water partition coefficient (Wildman–Crippen LogP) is 2.27. The van der Waals surface area contributed by atoms with Crippen molar-refractivity contribution < 1.29 is 27.1 Å². The molecule has 1 aromatic rings. The molecule has 1 aromatic carbocycles. The molecule has 0 saturated carbocycles. The number of hydrogen-bond donors (Lipinski definition) is 1. The topological polar surface area (TPSA) is 41.6 Å². The normalized spacial score (nSPS) is 19.0. The van der Waals surface area contributed by atoms with Crippen molar-refractivity contribution in [2.24, 2.45) is 0 Å². The van der Waals surface area contributed by atoms with Crippen molar-refractivity contribution in [2.75, 3.05) is 32.8 Å².